The van der Waals surface area contributed by atoms with E-state index in [2.05, 4.69) is 17.6 Å². The molecule has 1 spiro atoms. The quantitative estimate of drug-likeness (QED) is 0.590. The van der Waals surface area contributed by atoms with Gasteiger partial charge in [-0.2, -0.15) is 0 Å². The molecule has 198 valence electrons. The molecule has 4 fully saturated rings. The molecule has 0 aromatic heterocycles. The molecule has 3 heterocycles. The fraction of sp³-hybridized carbons (Fsp3) is 0.633. The van der Waals surface area contributed by atoms with Gasteiger partial charge in [-0.25, -0.2) is 0 Å². The standard InChI is InChI=1S/C30H39N3O4/c1-18-12-14-21(15-13-18)31-27(34)24-23-16-17-30(37-23)25(24)29(36)33(22-11-7-6-8-19(22)2)26(30)28(35)32-20-9-4-3-5-10-20/h12-17,19-20,22-26H,3-11H2,1-2H3,(H,31,34)(H,32,35)/t19-,22+,23+,24-,25+,26+,30+/m0/s1. The maximum absolute atomic E-state index is 14.3. The zero-order chi connectivity index (χ0) is 25.7. The second-order valence-electron chi connectivity index (χ2n) is 12.0. The van der Waals surface area contributed by atoms with E-state index in [9.17, 15) is 14.4 Å². The molecule has 1 aromatic carbocycles. The van der Waals surface area contributed by atoms with Crippen LogP contribution < -0.4 is 10.6 Å². The number of hydrogen-bond acceptors (Lipinski definition) is 4. The molecule has 37 heavy (non-hydrogen) atoms. The van der Waals surface area contributed by atoms with Crippen LogP contribution in [0.25, 0.3) is 0 Å². The minimum absolute atomic E-state index is 0.0137. The first-order valence-corrected chi connectivity index (χ1v) is 14.3. The van der Waals surface area contributed by atoms with Crippen molar-refractivity contribution in [2.45, 2.75) is 101 Å². The molecule has 0 radical (unpaired) electrons. The van der Waals surface area contributed by atoms with Crippen molar-refractivity contribution in [2.24, 2.45) is 17.8 Å². The number of ether oxygens (including phenoxy) is 1. The van der Waals surface area contributed by atoms with Gasteiger partial charge in [0.2, 0.25) is 17.7 Å². The zero-order valence-electron chi connectivity index (χ0n) is 21.9. The third-order valence-electron chi connectivity index (χ3n) is 9.56. The van der Waals surface area contributed by atoms with Crippen molar-refractivity contribution in [2.75, 3.05) is 5.32 Å². The first-order chi connectivity index (χ1) is 17.9. The van der Waals surface area contributed by atoms with E-state index in [1.165, 1.54) is 6.42 Å². The van der Waals surface area contributed by atoms with E-state index < -0.39 is 29.6 Å². The van der Waals surface area contributed by atoms with Crippen molar-refractivity contribution < 1.29 is 19.1 Å². The third-order valence-corrected chi connectivity index (χ3v) is 9.56. The second kappa shape index (κ2) is 9.57. The van der Waals surface area contributed by atoms with Crippen LogP contribution in [0.15, 0.2) is 36.4 Å². The highest BCUT2D eigenvalue weighted by molar-refractivity contribution is 6.03. The van der Waals surface area contributed by atoms with Gasteiger partial charge < -0.3 is 20.3 Å². The lowest BCUT2D eigenvalue weighted by molar-refractivity contribution is -0.146. The van der Waals surface area contributed by atoms with Crippen LogP contribution in [0.2, 0.25) is 0 Å². The Hall–Kier alpha value is -2.67. The van der Waals surface area contributed by atoms with E-state index in [0.29, 0.717) is 11.6 Å². The highest BCUT2D eigenvalue weighted by atomic mass is 16.5. The number of nitrogens with one attached hydrogen (secondary N) is 2. The van der Waals surface area contributed by atoms with Crippen LogP contribution in [0.3, 0.4) is 0 Å². The van der Waals surface area contributed by atoms with Gasteiger partial charge in [0.05, 0.1) is 17.9 Å². The molecule has 7 nitrogen and oxygen atoms in total. The number of amides is 3. The molecule has 0 unspecified atom stereocenters. The summed E-state index contributed by atoms with van der Waals surface area (Å²) in [5.74, 6) is -1.48. The van der Waals surface area contributed by atoms with Crippen molar-refractivity contribution in [3.05, 3.63) is 42.0 Å². The Morgan fingerprint density at radius 2 is 1.68 bits per heavy atom. The Bertz CT molecular complexity index is 1090. The van der Waals surface area contributed by atoms with Gasteiger partial charge in [0, 0.05) is 17.8 Å². The minimum atomic E-state index is -1.09. The molecule has 2 bridgehead atoms. The van der Waals surface area contributed by atoms with E-state index in [-0.39, 0.29) is 29.8 Å². The SMILES string of the molecule is Cc1ccc(NC(=O)[C@H]2[C@H]3C=C[C@@]4(O3)[C@H]2C(=O)N([C@@H]2CCCC[C@@H]2C)[C@@H]4C(=O)NC2CCCCC2)cc1. The summed E-state index contributed by atoms with van der Waals surface area (Å²) in [5.41, 5.74) is 0.719. The van der Waals surface area contributed by atoms with Gasteiger partial charge in [0.15, 0.2) is 0 Å². The van der Waals surface area contributed by atoms with E-state index in [1.54, 1.807) is 0 Å². The third kappa shape index (κ3) is 4.10. The van der Waals surface area contributed by atoms with E-state index >= 15 is 0 Å². The lowest BCUT2D eigenvalue weighted by Gasteiger charge is -2.42. The topological polar surface area (TPSA) is 87.7 Å². The van der Waals surface area contributed by atoms with Gasteiger partial charge in [-0.3, -0.25) is 14.4 Å². The zero-order valence-corrected chi connectivity index (χ0v) is 21.9. The van der Waals surface area contributed by atoms with Crippen LogP contribution >= 0.6 is 0 Å². The van der Waals surface area contributed by atoms with Gasteiger partial charge >= 0.3 is 0 Å². The highest BCUT2D eigenvalue weighted by Gasteiger charge is 2.73. The number of hydrogen-bond donors (Lipinski definition) is 2. The van der Waals surface area contributed by atoms with E-state index in [0.717, 1.165) is 56.9 Å². The molecule has 6 rings (SSSR count). The molecular weight excluding hydrogens is 466 g/mol. The summed E-state index contributed by atoms with van der Waals surface area (Å²) in [6.45, 7) is 4.19. The Balaban J connectivity index is 1.33. The Morgan fingerprint density at radius 3 is 2.41 bits per heavy atom. The molecule has 5 aliphatic rings. The Kier molecular flexibility index (Phi) is 6.38. The summed E-state index contributed by atoms with van der Waals surface area (Å²) in [6, 6.07) is 7.04. The van der Waals surface area contributed by atoms with Crippen molar-refractivity contribution >= 4 is 23.4 Å². The summed E-state index contributed by atoms with van der Waals surface area (Å²) >= 11 is 0. The van der Waals surface area contributed by atoms with Crippen LogP contribution in [0, 0.1) is 24.7 Å². The molecular formula is C30H39N3O4. The van der Waals surface area contributed by atoms with Crippen LogP contribution in [0.1, 0.15) is 70.3 Å². The monoisotopic (exact) mass is 505 g/mol. The van der Waals surface area contributed by atoms with Crippen molar-refractivity contribution in [3.8, 4) is 0 Å². The second-order valence-corrected chi connectivity index (χ2v) is 12.0. The molecule has 2 saturated heterocycles. The summed E-state index contributed by atoms with van der Waals surface area (Å²) in [5, 5.41) is 6.31. The van der Waals surface area contributed by atoms with Gasteiger partial charge in [-0.15, -0.1) is 0 Å². The Morgan fingerprint density at radius 1 is 0.973 bits per heavy atom. The first kappa shape index (κ1) is 24.7. The summed E-state index contributed by atoms with van der Waals surface area (Å²) < 4.78 is 6.53. The van der Waals surface area contributed by atoms with Gasteiger partial charge in [0.25, 0.3) is 0 Å². The Labute approximate surface area is 219 Å². The lowest BCUT2D eigenvalue weighted by Crippen LogP contribution is -2.59. The highest BCUT2D eigenvalue weighted by Crippen LogP contribution is 2.56. The number of fused-ring (bicyclic) bond motifs is 1. The molecule has 3 aliphatic heterocycles. The summed E-state index contributed by atoms with van der Waals surface area (Å²) in [4.78, 5) is 43.8. The van der Waals surface area contributed by atoms with E-state index in [1.807, 2.05) is 48.2 Å². The fourth-order valence-electron chi connectivity index (χ4n) is 7.66. The predicted molar refractivity (Wildman–Crippen MR) is 141 cm³/mol. The van der Waals surface area contributed by atoms with Crippen LogP contribution in [-0.2, 0) is 19.1 Å². The number of likely N-dealkylation sites (tertiary alicyclic amines) is 1. The molecule has 2 N–H and O–H groups in total. The number of benzene rings is 1. The van der Waals surface area contributed by atoms with Gasteiger partial charge in [0.1, 0.15) is 11.6 Å². The molecule has 7 heteroatoms. The van der Waals surface area contributed by atoms with Crippen molar-refractivity contribution in [1.29, 1.82) is 0 Å². The summed E-state index contributed by atoms with van der Waals surface area (Å²) in [7, 11) is 0. The molecule has 2 aliphatic carbocycles. The average molecular weight is 506 g/mol. The van der Waals surface area contributed by atoms with Crippen molar-refractivity contribution in [1.82, 2.24) is 10.2 Å². The number of aryl methyl sites for hydroxylation is 1. The van der Waals surface area contributed by atoms with Gasteiger partial charge in [-0.05, 0) is 50.7 Å². The maximum Gasteiger partial charge on any atom is 0.246 e. The van der Waals surface area contributed by atoms with Crippen molar-refractivity contribution in [3.63, 3.8) is 0 Å². The van der Waals surface area contributed by atoms with Crippen LogP contribution in [0.4, 0.5) is 5.69 Å². The molecule has 7 atom stereocenters. The number of rotatable bonds is 5. The van der Waals surface area contributed by atoms with Gasteiger partial charge in [-0.1, -0.05) is 68.9 Å². The maximum atomic E-state index is 14.3. The largest absolute Gasteiger partial charge is 0.359 e. The van der Waals surface area contributed by atoms with Crippen LogP contribution in [0.5, 0.6) is 0 Å². The predicted octanol–water partition coefficient (Wildman–Crippen LogP) is 4.11. The fourth-order valence-corrected chi connectivity index (χ4v) is 7.66. The van der Waals surface area contributed by atoms with E-state index in [4.69, 9.17) is 4.74 Å². The average Bonchev–Trinajstić information content (AvgIpc) is 3.54. The summed E-state index contributed by atoms with van der Waals surface area (Å²) in [6.07, 6.45) is 12.8. The molecule has 1 aromatic rings. The normalized spacial score (nSPS) is 37.0. The lowest BCUT2D eigenvalue weighted by atomic mass is 9.74. The number of anilines is 1. The smallest absolute Gasteiger partial charge is 0.246 e. The minimum Gasteiger partial charge on any atom is -0.359 e. The molecule has 3 amide bonds. The number of nitrogens with zero attached hydrogens (tertiary/aromatic N) is 1. The van der Waals surface area contributed by atoms with Crippen LogP contribution in [-0.4, -0.2) is 52.5 Å². The first-order valence-electron chi connectivity index (χ1n) is 14.3. The number of carbonyl (C=O) groups is 3. The number of carbonyl (C=O) groups excluding carboxylic acids is 3. The molecule has 2 saturated carbocycles.